The summed E-state index contributed by atoms with van der Waals surface area (Å²) in [6, 6.07) is 5.55. The minimum absolute atomic E-state index is 0.0569. The van der Waals surface area contributed by atoms with Crippen LogP contribution in [-0.2, 0) is 4.79 Å². The van der Waals surface area contributed by atoms with Gasteiger partial charge in [0, 0.05) is 11.6 Å². The Kier molecular flexibility index (Phi) is 3.66. The van der Waals surface area contributed by atoms with Crippen LogP contribution in [0.3, 0.4) is 0 Å². The second kappa shape index (κ2) is 5.43. The number of imidazole rings is 1. The lowest BCUT2D eigenvalue weighted by Gasteiger charge is -2.09. The fourth-order valence-corrected chi connectivity index (χ4v) is 3.41. The molecule has 4 nitrogen and oxygen atoms in total. The van der Waals surface area contributed by atoms with E-state index in [0.717, 1.165) is 42.0 Å². The molecule has 0 aliphatic carbocycles. The predicted octanol–water partition coefficient (Wildman–Crippen LogP) is 2.98. The molecule has 2 N–H and O–H groups in total. The SMILES string of the molecule is O=C1NCCCCC1Sc1nc2ccc(Cl)cc2[nH]1. The molecule has 0 saturated carbocycles. The predicted molar refractivity (Wildman–Crippen MR) is 77.6 cm³/mol. The van der Waals surface area contributed by atoms with Crippen LogP contribution < -0.4 is 5.32 Å². The Bertz CT molecular complexity index is 613. The van der Waals surface area contributed by atoms with Crippen LogP contribution in [0.4, 0.5) is 0 Å². The van der Waals surface area contributed by atoms with Gasteiger partial charge >= 0.3 is 0 Å². The van der Waals surface area contributed by atoms with Gasteiger partial charge in [-0.1, -0.05) is 29.8 Å². The summed E-state index contributed by atoms with van der Waals surface area (Å²) in [5.41, 5.74) is 1.78. The molecule has 1 aromatic carbocycles. The number of carbonyl (C=O) groups excluding carboxylic acids is 1. The first-order chi connectivity index (χ1) is 9.22. The first-order valence-corrected chi connectivity index (χ1v) is 7.58. The van der Waals surface area contributed by atoms with E-state index in [2.05, 4.69) is 15.3 Å². The fourth-order valence-electron chi connectivity index (χ4n) is 2.17. The number of H-pyrrole nitrogens is 1. The van der Waals surface area contributed by atoms with Crippen molar-refractivity contribution in [3.63, 3.8) is 0 Å². The molecular weight excluding hydrogens is 282 g/mol. The molecular formula is C13H14ClN3OS. The van der Waals surface area contributed by atoms with E-state index in [1.54, 1.807) is 0 Å². The van der Waals surface area contributed by atoms with E-state index in [1.165, 1.54) is 11.8 Å². The van der Waals surface area contributed by atoms with Gasteiger partial charge in [0.05, 0.1) is 16.3 Å². The van der Waals surface area contributed by atoms with Crippen LogP contribution in [0.25, 0.3) is 11.0 Å². The summed E-state index contributed by atoms with van der Waals surface area (Å²) in [6.45, 7) is 0.783. The van der Waals surface area contributed by atoms with E-state index in [9.17, 15) is 4.79 Å². The van der Waals surface area contributed by atoms with Crippen molar-refractivity contribution in [2.45, 2.75) is 29.7 Å². The normalized spacial score (nSPS) is 20.3. The molecule has 1 aliphatic heterocycles. The minimum Gasteiger partial charge on any atom is -0.355 e. The summed E-state index contributed by atoms with van der Waals surface area (Å²) in [4.78, 5) is 19.6. The van der Waals surface area contributed by atoms with Gasteiger partial charge in [0.25, 0.3) is 0 Å². The minimum atomic E-state index is -0.0569. The van der Waals surface area contributed by atoms with Crippen LogP contribution in [0.2, 0.25) is 5.02 Å². The van der Waals surface area contributed by atoms with Crippen LogP contribution in [-0.4, -0.2) is 27.7 Å². The number of thioether (sulfide) groups is 1. The maximum absolute atomic E-state index is 11.9. The molecule has 1 saturated heterocycles. The molecule has 0 radical (unpaired) electrons. The van der Waals surface area contributed by atoms with Gasteiger partial charge in [-0.05, 0) is 31.0 Å². The highest BCUT2D eigenvalue weighted by molar-refractivity contribution is 8.00. The summed E-state index contributed by atoms with van der Waals surface area (Å²) in [5, 5.41) is 4.34. The molecule has 1 aromatic heterocycles. The summed E-state index contributed by atoms with van der Waals surface area (Å²) in [6.07, 6.45) is 3.02. The highest BCUT2D eigenvalue weighted by Crippen LogP contribution is 2.28. The number of fused-ring (bicyclic) bond motifs is 1. The van der Waals surface area contributed by atoms with Crippen molar-refractivity contribution in [1.29, 1.82) is 0 Å². The van der Waals surface area contributed by atoms with Crippen molar-refractivity contribution in [3.8, 4) is 0 Å². The average molecular weight is 296 g/mol. The lowest BCUT2D eigenvalue weighted by molar-refractivity contribution is -0.120. The Morgan fingerprint density at radius 1 is 1.37 bits per heavy atom. The van der Waals surface area contributed by atoms with Crippen LogP contribution in [0.15, 0.2) is 23.4 Å². The second-order valence-corrected chi connectivity index (χ2v) is 6.22. The number of amides is 1. The fraction of sp³-hybridized carbons (Fsp3) is 0.385. The first-order valence-electron chi connectivity index (χ1n) is 6.32. The van der Waals surface area contributed by atoms with Crippen molar-refractivity contribution in [3.05, 3.63) is 23.2 Å². The van der Waals surface area contributed by atoms with E-state index < -0.39 is 0 Å². The van der Waals surface area contributed by atoms with Gasteiger partial charge in [0.2, 0.25) is 5.91 Å². The molecule has 0 bridgehead atoms. The van der Waals surface area contributed by atoms with Gasteiger partial charge in [-0.2, -0.15) is 0 Å². The standard InChI is InChI=1S/C13H14ClN3OS/c14-8-4-5-9-10(7-8)17-13(16-9)19-11-3-1-2-6-15-12(11)18/h4-5,7,11H,1-3,6H2,(H,15,18)(H,16,17). The van der Waals surface area contributed by atoms with E-state index in [4.69, 9.17) is 11.6 Å². The zero-order chi connectivity index (χ0) is 13.2. The molecule has 19 heavy (non-hydrogen) atoms. The smallest absolute Gasteiger partial charge is 0.233 e. The molecule has 0 spiro atoms. The van der Waals surface area contributed by atoms with E-state index in [0.29, 0.717) is 5.02 Å². The van der Waals surface area contributed by atoms with Crippen molar-refractivity contribution < 1.29 is 4.79 Å². The maximum atomic E-state index is 11.9. The quantitative estimate of drug-likeness (QED) is 0.895. The number of nitrogens with zero attached hydrogens (tertiary/aromatic N) is 1. The molecule has 1 aliphatic rings. The van der Waals surface area contributed by atoms with Gasteiger partial charge < -0.3 is 10.3 Å². The molecule has 1 unspecified atom stereocenters. The van der Waals surface area contributed by atoms with Gasteiger partial charge in [-0.25, -0.2) is 4.98 Å². The highest BCUT2D eigenvalue weighted by atomic mass is 35.5. The molecule has 6 heteroatoms. The number of hydrogen-bond donors (Lipinski definition) is 2. The summed E-state index contributed by atoms with van der Waals surface area (Å²) in [7, 11) is 0. The molecule has 2 aromatic rings. The van der Waals surface area contributed by atoms with Gasteiger partial charge in [0.1, 0.15) is 0 Å². The third-order valence-electron chi connectivity index (χ3n) is 3.16. The highest BCUT2D eigenvalue weighted by Gasteiger charge is 2.23. The van der Waals surface area contributed by atoms with Crippen molar-refractivity contribution >= 4 is 40.3 Å². The molecule has 100 valence electrons. The Labute approximate surface area is 120 Å². The van der Waals surface area contributed by atoms with Crippen LogP contribution in [0.5, 0.6) is 0 Å². The number of aromatic amines is 1. The molecule has 1 fully saturated rings. The third-order valence-corrected chi connectivity index (χ3v) is 4.55. The average Bonchev–Trinajstić information content (AvgIpc) is 2.66. The Hall–Kier alpha value is -1.20. The van der Waals surface area contributed by atoms with Crippen LogP contribution in [0, 0.1) is 0 Å². The number of rotatable bonds is 2. The number of aromatic nitrogens is 2. The lowest BCUT2D eigenvalue weighted by Crippen LogP contribution is -2.30. The number of carbonyl (C=O) groups is 1. The lowest BCUT2D eigenvalue weighted by atomic mass is 10.2. The van der Waals surface area contributed by atoms with Gasteiger partial charge in [-0.3, -0.25) is 4.79 Å². The van der Waals surface area contributed by atoms with E-state index >= 15 is 0 Å². The zero-order valence-electron chi connectivity index (χ0n) is 10.3. The van der Waals surface area contributed by atoms with Gasteiger partial charge in [0.15, 0.2) is 5.16 Å². The van der Waals surface area contributed by atoms with Crippen molar-refractivity contribution in [2.75, 3.05) is 6.54 Å². The molecule has 1 atom stereocenters. The molecule has 3 rings (SSSR count). The number of hydrogen-bond acceptors (Lipinski definition) is 3. The number of benzene rings is 1. The maximum Gasteiger partial charge on any atom is 0.233 e. The molecule has 2 heterocycles. The summed E-state index contributed by atoms with van der Waals surface area (Å²) in [5.74, 6) is 0.112. The van der Waals surface area contributed by atoms with Crippen molar-refractivity contribution in [2.24, 2.45) is 0 Å². The Morgan fingerprint density at radius 2 is 2.26 bits per heavy atom. The van der Waals surface area contributed by atoms with Crippen LogP contribution >= 0.6 is 23.4 Å². The Balaban J connectivity index is 1.82. The molecule has 1 amide bonds. The number of nitrogens with one attached hydrogen (secondary N) is 2. The van der Waals surface area contributed by atoms with E-state index in [-0.39, 0.29) is 11.2 Å². The Morgan fingerprint density at radius 3 is 3.16 bits per heavy atom. The van der Waals surface area contributed by atoms with E-state index in [1.807, 2.05) is 18.2 Å². The van der Waals surface area contributed by atoms with Gasteiger partial charge in [-0.15, -0.1) is 0 Å². The summed E-state index contributed by atoms with van der Waals surface area (Å²) >= 11 is 7.44. The second-order valence-electron chi connectivity index (χ2n) is 4.60. The zero-order valence-corrected chi connectivity index (χ0v) is 11.9. The third kappa shape index (κ3) is 2.87. The number of halogens is 1. The topological polar surface area (TPSA) is 57.8 Å². The summed E-state index contributed by atoms with van der Waals surface area (Å²) < 4.78 is 0. The van der Waals surface area contributed by atoms with Crippen molar-refractivity contribution in [1.82, 2.24) is 15.3 Å². The monoisotopic (exact) mass is 295 g/mol. The first kappa shape index (κ1) is 12.8. The van der Waals surface area contributed by atoms with Crippen LogP contribution in [0.1, 0.15) is 19.3 Å². The largest absolute Gasteiger partial charge is 0.355 e.